The van der Waals surface area contributed by atoms with Crippen molar-refractivity contribution in [3.8, 4) is 45.6 Å². The summed E-state index contributed by atoms with van der Waals surface area (Å²) in [6.07, 6.45) is 0.693. The second-order valence-corrected chi connectivity index (χ2v) is 7.76. The number of aliphatic hydroxyl groups excluding tert-OH is 3. The molecule has 0 heterocycles. The van der Waals surface area contributed by atoms with E-state index in [1.54, 1.807) is 42.5 Å². The molecule has 5 N–H and O–H groups in total. The van der Waals surface area contributed by atoms with E-state index in [1.807, 2.05) is 0 Å². The molecule has 0 saturated carbocycles. The zero-order valence-corrected chi connectivity index (χ0v) is 20.2. The first-order valence-electron chi connectivity index (χ1n) is 11.1. The zero-order valence-electron chi connectivity index (χ0n) is 20.2. The Bertz CT molecular complexity index is 1210. The predicted molar refractivity (Wildman–Crippen MR) is 134 cm³/mol. The van der Waals surface area contributed by atoms with Gasteiger partial charge in [0.2, 0.25) is 0 Å². The van der Waals surface area contributed by atoms with Crippen molar-refractivity contribution in [2.75, 3.05) is 34.5 Å². The summed E-state index contributed by atoms with van der Waals surface area (Å²) in [4.78, 5) is 0. The Labute approximate surface area is 209 Å². The van der Waals surface area contributed by atoms with Gasteiger partial charge >= 0.3 is 0 Å². The van der Waals surface area contributed by atoms with Gasteiger partial charge in [0.05, 0.1) is 34.5 Å². The number of rotatable bonds is 11. The van der Waals surface area contributed by atoms with E-state index in [4.69, 9.17) is 24.1 Å². The van der Waals surface area contributed by atoms with E-state index >= 15 is 0 Å². The summed E-state index contributed by atoms with van der Waals surface area (Å²) in [5, 5.41) is 52.0. The summed E-state index contributed by atoms with van der Waals surface area (Å²) in [7, 11) is 4.22. The highest BCUT2D eigenvalue weighted by Gasteiger charge is 2.27. The minimum Gasteiger partial charge on any atom is -0.504 e. The highest BCUT2D eigenvalue weighted by molar-refractivity contribution is 5.82. The monoisotopic (exact) mass is 498 g/mol. The van der Waals surface area contributed by atoms with Gasteiger partial charge in [0.25, 0.3) is 0 Å². The summed E-state index contributed by atoms with van der Waals surface area (Å²) in [6.45, 7) is -0.716. The minimum absolute atomic E-state index is 0.0326. The van der Waals surface area contributed by atoms with E-state index in [1.165, 1.54) is 39.5 Å². The Morgan fingerprint density at radius 2 is 1.36 bits per heavy atom. The molecule has 0 aliphatic carbocycles. The lowest BCUT2D eigenvalue weighted by Gasteiger charge is -2.25. The molecule has 0 spiro atoms. The van der Waals surface area contributed by atoms with Crippen LogP contribution in [0.25, 0.3) is 17.2 Å². The molecule has 0 aliphatic rings. The molecule has 0 aliphatic heterocycles. The Hall–Kier alpha value is -3.92. The second-order valence-electron chi connectivity index (χ2n) is 7.76. The number of hydrogen-bond donors (Lipinski definition) is 5. The van der Waals surface area contributed by atoms with Crippen molar-refractivity contribution < 1.29 is 44.5 Å². The zero-order chi connectivity index (χ0) is 26.2. The van der Waals surface area contributed by atoms with E-state index in [0.29, 0.717) is 17.1 Å². The van der Waals surface area contributed by atoms with E-state index in [-0.39, 0.29) is 46.3 Å². The normalized spacial score (nSPS) is 12.8. The first-order chi connectivity index (χ1) is 17.4. The standard InChI is InChI=1S/C27H30O9/c1-33-20-8-4-5-9-21(20)36-24(15-29)25(30)17-13-19(27(32)23(14-17)35-3)18-11-16(7-6-10-28)12-22(34-2)26(18)31/h4-9,11-14,24-25,28-32H,10,15H2,1-3H3/b7-6+. The van der Waals surface area contributed by atoms with Gasteiger partial charge in [-0.2, -0.15) is 0 Å². The molecule has 36 heavy (non-hydrogen) atoms. The summed E-state index contributed by atoms with van der Waals surface area (Å²) < 4.78 is 21.7. The molecule has 3 aromatic rings. The molecule has 3 aromatic carbocycles. The Morgan fingerprint density at radius 3 is 1.94 bits per heavy atom. The van der Waals surface area contributed by atoms with Crippen LogP contribution in [0, 0.1) is 0 Å². The molecule has 2 atom stereocenters. The van der Waals surface area contributed by atoms with E-state index < -0.39 is 18.8 Å². The molecule has 0 saturated heterocycles. The van der Waals surface area contributed by atoms with Crippen LogP contribution in [0.1, 0.15) is 17.2 Å². The third-order valence-electron chi connectivity index (χ3n) is 5.56. The maximum Gasteiger partial charge on any atom is 0.165 e. The number of hydrogen-bond acceptors (Lipinski definition) is 9. The van der Waals surface area contributed by atoms with Crippen LogP contribution in [0.3, 0.4) is 0 Å². The number of phenolic OH excluding ortho intramolecular Hbond substituents is 2. The Kier molecular flexibility index (Phi) is 9.02. The molecular formula is C27H30O9. The smallest absolute Gasteiger partial charge is 0.165 e. The van der Waals surface area contributed by atoms with Gasteiger partial charge in [-0.1, -0.05) is 24.3 Å². The van der Waals surface area contributed by atoms with Crippen molar-refractivity contribution in [2.45, 2.75) is 12.2 Å². The average molecular weight is 499 g/mol. The lowest BCUT2D eigenvalue weighted by atomic mass is 9.94. The first kappa shape index (κ1) is 26.7. The van der Waals surface area contributed by atoms with Crippen LogP contribution in [-0.2, 0) is 0 Å². The predicted octanol–water partition coefficient (Wildman–Crippen LogP) is 3.27. The molecule has 9 heteroatoms. The number of para-hydroxylation sites is 2. The van der Waals surface area contributed by atoms with Crippen molar-refractivity contribution in [3.05, 3.63) is 65.7 Å². The molecule has 0 amide bonds. The second kappa shape index (κ2) is 12.2. The molecule has 0 aromatic heterocycles. The van der Waals surface area contributed by atoms with E-state index in [2.05, 4.69) is 0 Å². The molecule has 0 radical (unpaired) electrons. The fraction of sp³-hybridized carbons (Fsp3) is 0.259. The van der Waals surface area contributed by atoms with Crippen LogP contribution >= 0.6 is 0 Å². The number of benzene rings is 3. The van der Waals surface area contributed by atoms with Crippen molar-refractivity contribution in [2.24, 2.45) is 0 Å². The van der Waals surface area contributed by atoms with Crippen LogP contribution in [-0.4, -0.2) is 66.2 Å². The molecule has 3 rings (SSSR count). The molecular weight excluding hydrogens is 468 g/mol. The number of aromatic hydroxyl groups is 2. The third-order valence-corrected chi connectivity index (χ3v) is 5.56. The average Bonchev–Trinajstić information content (AvgIpc) is 2.91. The number of phenols is 2. The first-order valence-corrected chi connectivity index (χ1v) is 11.1. The van der Waals surface area contributed by atoms with Crippen molar-refractivity contribution in [3.63, 3.8) is 0 Å². The summed E-state index contributed by atoms with van der Waals surface area (Å²) in [5.74, 6) is 0.408. The Balaban J connectivity index is 2.11. The molecule has 9 nitrogen and oxygen atoms in total. The number of aliphatic hydroxyl groups is 3. The molecule has 0 bridgehead atoms. The summed E-state index contributed by atoms with van der Waals surface area (Å²) in [5.41, 5.74) is 1.18. The van der Waals surface area contributed by atoms with Crippen LogP contribution in [0.5, 0.6) is 34.5 Å². The van der Waals surface area contributed by atoms with Gasteiger partial charge in [-0.25, -0.2) is 0 Å². The fourth-order valence-corrected chi connectivity index (χ4v) is 3.73. The highest BCUT2D eigenvalue weighted by atomic mass is 16.5. The maximum absolute atomic E-state index is 11.1. The molecule has 2 unspecified atom stereocenters. The van der Waals surface area contributed by atoms with Crippen molar-refractivity contribution in [1.82, 2.24) is 0 Å². The largest absolute Gasteiger partial charge is 0.504 e. The molecule has 192 valence electrons. The van der Waals surface area contributed by atoms with Gasteiger partial charge in [-0.05, 0) is 47.5 Å². The van der Waals surface area contributed by atoms with E-state index in [9.17, 15) is 20.4 Å². The molecule has 0 fully saturated rings. The van der Waals surface area contributed by atoms with Crippen LogP contribution < -0.4 is 18.9 Å². The van der Waals surface area contributed by atoms with Gasteiger partial charge in [0.15, 0.2) is 40.6 Å². The topological polar surface area (TPSA) is 138 Å². The van der Waals surface area contributed by atoms with Gasteiger partial charge in [0.1, 0.15) is 6.10 Å². The summed E-state index contributed by atoms with van der Waals surface area (Å²) in [6, 6.07) is 12.9. The van der Waals surface area contributed by atoms with Crippen LogP contribution in [0.15, 0.2) is 54.6 Å². The quantitative estimate of drug-likeness (QED) is 0.270. The van der Waals surface area contributed by atoms with E-state index in [0.717, 1.165) is 0 Å². The van der Waals surface area contributed by atoms with Crippen LogP contribution in [0.2, 0.25) is 0 Å². The third kappa shape index (κ3) is 5.65. The SMILES string of the molecule is COc1ccccc1OC(CO)C(O)c1cc(OC)c(O)c(-c2cc(/C=C/CO)cc(OC)c2O)c1. The highest BCUT2D eigenvalue weighted by Crippen LogP contribution is 2.46. The van der Waals surface area contributed by atoms with Gasteiger partial charge in [-0.15, -0.1) is 0 Å². The number of ether oxygens (including phenoxy) is 4. The maximum atomic E-state index is 11.1. The van der Waals surface area contributed by atoms with Gasteiger partial charge in [-0.3, -0.25) is 0 Å². The van der Waals surface area contributed by atoms with Crippen molar-refractivity contribution >= 4 is 6.08 Å². The number of methoxy groups -OCH3 is 3. The fourth-order valence-electron chi connectivity index (χ4n) is 3.73. The summed E-state index contributed by atoms with van der Waals surface area (Å²) >= 11 is 0. The Morgan fingerprint density at radius 1 is 0.778 bits per heavy atom. The van der Waals surface area contributed by atoms with Gasteiger partial charge in [0, 0.05) is 11.1 Å². The minimum atomic E-state index is -1.35. The van der Waals surface area contributed by atoms with Crippen molar-refractivity contribution in [1.29, 1.82) is 0 Å². The van der Waals surface area contributed by atoms with Gasteiger partial charge < -0.3 is 44.5 Å². The van der Waals surface area contributed by atoms with Crippen LogP contribution in [0.4, 0.5) is 0 Å². The lowest BCUT2D eigenvalue weighted by molar-refractivity contribution is -0.000491. The lowest BCUT2D eigenvalue weighted by Crippen LogP contribution is -2.29.